The van der Waals surface area contributed by atoms with Gasteiger partial charge in [-0.05, 0) is 25.7 Å². The van der Waals surface area contributed by atoms with E-state index in [0.29, 0.717) is 12.0 Å². The quantitative estimate of drug-likeness (QED) is 0.779. The zero-order chi connectivity index (χ0) is 13.8. The molecule has 0 amide bonds. The Bertz CT molecular complexity index is 414. The Morgan fingerprint density at radius 1 is 1.16 bits per heavy atom. The SMILES string of the molecule is CNc1cc(NC2CCC(O)CC2)nc(C(C)C)n1. The first-order valence-corrected chi connectivity index (χ1v) is 7.10. The van der Waals surface area contributed by atoms with E-state index in [1.807, 2.05) is 13.1 Å². The maximum Gasteiger partial charge on any atom is 0.135 e. The number of aliphatic hydroxyl groups excluding tert-OH is 1. The largest absolute Gasteiger partial charge is 0.393 e. The van der Waals surface area contributed by atoms with E-state index in [2.05, 4.69) is 34.4 Å². The molecular weight excluding hydrogens is 240 g/mol. The Hall–Kier alpha value is -1.36. The van der Waals surface area contributed by atoms with Crippen molar-refractivity contribution in [3.63, 3.8) is 0 Å². The molecule has 1 aromatic heterocycles. The van der Waals surface area contributed by atoms with Crippen molar-refractivity contribution in [1.82, 2.24) is 9.97 Å². The van der Waals surface area contributed by atoms with Crippen LogP contribution in [0.2, 0.25) is 0 Å². The third-order valence-corrected chi connectivity index (χ3v) is 3.56. The van der Waals surface area contributed by atoms with Gasteiger partial charge in [-0.15, -0.1) is 0 Å². The van der Waals surface area contributed by atoms with E-state index < -0.39 is 0 Å². The normalized spacial score (nSPS) is 23.4. The Balaban J connectivity index is 2.08. The molecule has 0 aliphatic heterocycles. The summed E-state index contributed by atoms with van der Waals surface area (Å²) in [7, 11) is 1.87. The lowest BCUT2D eigenvalue weighted by atomic mass is 9.93. The van der Waals surface area contributed by atoms with E-state index in [1.165, 1.54) is 0 Å². The fraction of sp³-hybridized carbons (Fsp3) is 0.714. The lowest BCUT2D eigenvalue weighted by Crippen LogP contribution is -2.28. The minimum absolute atomic E-state index is 0.123. The summed E-state index contributed by atoms with van der Waals surface area (Å²) >= 11 is 0. The first-order chi connectivity index (χ1) is 9.08. The van der Waals surface area contributed by atoms with E-state index >= 15 is 0 Å². The zero-order valence-corrected chi connectivity index (χ0v) is 12.0. The summed E-state index contributed by atoms with van der Waals surface area (Å²) in [4.78, 5) is 9.02. The number of hydrogen-bond acceptors (Lipinski definition) is 5. The van der Waals surface area contributed by atoms with E-state index in [-0.39, 0.29) is 6.10 Å². The van der Waals surface area contributed by atoms with Crippen molar-refractivity contribution in [1.29, 1.82) is 0 Å². The van der Waals surface area contributed by atoms with Crippen LogP contribution in [-0.2, 0) is 0 Å². The third-order valence-electron chi connectivity index (χ3n) is 3.56. The van der Waals surface area contributed by atoms with E-state index in [1.54, 1.807) is 0 Å². The lowest BCUT2D eigenvalue weighted by Gasteiger charge is -2.26. The van der Waals surface area contributed by atoms with Gasteiger partial charge in [0.25, 0.3) is 0 Å². The fourth-order valence-electron chi connectivity index (χ4n) is 2.36. The maximum absolute atomic E-state index is 9.53. The maximum atomic E-state index is 9.53. The van der Waals surface area contributed by atoms with E-state index in [4.69, 9.17) is 0 Å². The highest BCUT2D eigenvalue weighted by molar-refractivity contribution is 5.48. The van der Waals surface area contributed by atoms with Gasteiger partial charge in [0.2, 0.25) is 0 Å². The molecular formula is C14H24N4O. The number of aromatic nitrogens is 2. The van der Waals surface area contributed by atoms with Crippen molar-refractivity contribution in [2.45, 2.75) is 57.6 Å². The summed E-state index contributed by atoms with van der Waals surface area (Å²) in [6.45, 7) is 4.19. The Morgan fingerprint density at radius 3 is 2.37 bits per heavy atom. The van der Waals surface area contributed by atoms with Crippen molar-refractivity contribution in [2.75, 3.05) is 17.7 Å². The molecule has 0 aromatic carbocycles. The molecule has 3 N–H and O–H groups in total. The molecule has 1 heterocycles. The average Bonchev–Trinajstić information content (AvgIpc) is 2.41. The molecule has 0 bridgehead atoms. The average molecular weight is 264 g/mol. The van der Waals surface area contributed by atoms with Crippen LogP contribution in [0.25, 0.3) is 0 Å². The number of aliphatic hydroxyl groups is 1. The van der Waals surface area contributed by atoms with Gasteiger partial charge in [-0.3, -0.25) is 0 Å². The molecule has 1 aliphatic carbocycles. The summed E-state index contributed by atoms with van der Waals surface area (Å²) in [5.41, 5.74) is 0. The van der Waals surface area contributed by atoms with E-state index in [0.717, 1.165) is 43.1 Å². The van der Waals surface area contributed by atoms with Crippen molar-refractivity contribution in [3.8, 4) is 0 Å². The summed E-state index contributed by atoms with van der Waals surface area (Å²) < 4.78 is 0. The minimum atomic E-state index is -0.123. The number of anilines is 2. The second kappa shape index (κ2) is 6.19. The third kappa shape index (κ3) is 3.80. The monoisotopic (exact) mass is 264 g/mol. The number of nitrogens with one attached hydrogen (secondary N) is 2. The molecule has 1 saturated carbocycles. The first-order valence-electron chi connectivity index (χ1n) is 7.10. The highest BCUT2D eigenvalue weighted by Crippen LogP contribution is 2.23. The topological polar surface area (TPSA) is 70.1 Å². The van der Waals surface area contributed by atoms with Crippen molar-refractivity contribution >= 4 is 11.6 Å². The van der Waals surface area contributed by atoms with Crippen molar-refractivity contribution < 1.29 is 5.11 Å². The lowest BCUT2D eigenvalue weighted by molar-refractivity contribution is 0.126. The fourth-order valence-corrected chi connectivity index (χ4v) is 2.36. The molecule has 1 fully saturated rings. The van der Waals surface area contributed by atoms with Crippen LogP contribution in [0.4, 0.5) is 11.6 Å². The van der Waals surface area contributed by atoms with Gasteiger partial charge in [-0.2, -0.15) is 0 Å². The molecule has 0 spiro atoms. The zero-order valence-electron chi connectivity index (χ0n) is 12.0. The smallest absolute Gasteiger partial charge is 0.135 e. The molecule has 5 heteroatoms. The Labute approximate surface area is 114 Å². The second-order valence-electron chi connectivity index (χ2n) is 5.55. The van der Waals surface area contributed by atoms with Gasteiger partial charge < -0.3 is 15.7 Å². The summed E-state index contributed by atoms with van der Waals surface area (Å²) in [6, 6.07) is 2.35. The molecule has 106 valence electrons. The molecule has 0 saturated heterocycles. The highest BCUT2D eigenvalue weighted by Gasteiger charge is 2.20. The minimum Gasteiger partial charge on any atom is -0.393 e. The highest BCUT2D eigenvalue weighted by atomic mass is 16.3. The molecule has 0 unspecified atom stereocenters. The van der Waals surface area contributed by atoms with Gasteiger partial charge in [-0.1, -0.05) is 13.8 Å². The summed E-state index contributed by atoms with van der Waals surface area (Å²) in [5.74, 6) is 2.88. The molecule has 0 radical (unpaired) electrons. The number of rotatable bonds is 4. The number of nitrogens with zero attached hydrogens (tertiary/aromatic N) is 2. The van der Waals surface area contributed by atoms with Gasteiger partial charge >= 0.3 is 0 Å². The van der Waals surface area contributed by atoms with E-state index in [9.17, 15) is 5.11 Å². The van der Waals surface area contributed by atoms with Gasteiger partial charge in [0.15, 0.2) is 0 Å². The first kappa shape index (κ1) is 14.1. The number of hydrogen-bond donors (Lipinski definition) is 3. The molecule has 2 rings (SSSR count). The van der Waals surface area contributed by atoms with Gasteiger partial charge in [-0.25, -0.2) is 9.97 Å². The van der Waals surface area contributed by atoms with Gasteiger partial charge in [0.1, 0.15) is 17.5 Å². The predicted molar refractivity (Wildman–Crippen MR) is 77.6 cm³/mol. The van der Waals surface area contributed by atoms with Crippen molar-refractivity contribution in [2.24, 2.45) is 0 Å². The molecule has 5 nitrogen and oxygen atoms in total. The molecule has 1 aromatic rings. The Kier molecular flexibility index (Phi) is 4.58. The van der Waals surface area contributed by atoms with Crippen LogP contribution in [0.5, 0.6) is 0 Å². The second-order valence-corrected chi connectivity index (χ2v) is 5.55. The van der Waals surface area contributed by atoms with Crippen LogP contribution in [0, 0.1) is 0 Å². The van der Waals surface area contributed by atoms with Gasteiger partial charge in [0.05, 0.1) is 6.10 Å². The summed E-state index contributed by atoms with van der Waals surface area (Å²) in [5, 5.41) is 16.1. The van der Waals surface area contributed by atoms with Crippen molar-refractivity contribution in [3.05, 3.63) is 11.9 Å². The predicted octanol–water partition coefficient (Wildman–Crippen LogP) is 2.36. The van der Waals surface area contributed by atoms with Crippen LogP contribution >= 0.6 is 0 Å². The molecule has 19 heavy (non-hydrogen) atoms. The van der Waals surface area contributed by atoms with Crippen LogP contribution in [0.1, 0.15) is 51.3 Å². The van der Waals surface area contributed by atoms with Crippen LogP contribution in [0.15, 0.2) is 6.07 Å². The van der Waals surface area contributed by atoms with Crippen LogP contribution in [0.3, 0.4) is 0 Å². The Morgan fingerprint density at radius 2 is 1.79 bits per heavy atom. The molecule has 0 atom stereocenters. The van der Waals surface area contributed by atoms with Crippen LogP contribution < -0.4 is 10.6 Å². The van der Waals surface area contributed by atoms with Gasteiger partial charge in [0, 0.05) is 25.1 Å². The van der Waals surface area contributed by atoms with Crippen LogP contribution in [-0.4, -0.2) is 34.3 Å². The standard InChI is InChI=1S/C14H24N4O/c1-9(2)14-17-12(15-3)8-13(18-14)16-10-4-6-11(19)7-5-10/h8-11,19H,4-7H2,1-3H3,(H2,15,16,17,18). The summed E-state index contributed by atoms with van der Waals surface area (Å²) in [6.07, 6.45) is 3.62. The molecule has 1 aliphatic rings.